The number of thiophene rings is 1. The highest BCUT2D eigenvalue weighted by molar-refractivity contribution is 7.09. The molecular formula is C25H21NO5S. The fourth-order valence-electron chi connectivity index (χ4n) is 4.38. The number of hydrogen-bond acceptors (Lipinski definition) is 6. The second-order valence-corrected chi connectivity index (χ2v) is 9.09. The fraction of sp³-hybridized carbons (Fsp3) is 0.200. The summed E-state index contributed by atoms with van der Waals surface area (Å²) in [5.41, 5.74) is 1.98. The Morgan fingerprint density at radius 2 is 2.00 bits per heavy atom. The number of carbonyl (C=O) groups excluding carboxylic acids is 2. The van der Waals surface area contributed by atoms with Crippen molar-refractivity contribution in [1.29, 1.82) is 0 Å². The summed E-state index contributed by atoms with van der Waals surface area (Å²) in [6.07, 6.45) is 0.755. The molecule has 1 aromatic heterocycles. The SMILES string of the molecule is CC1Cc2cc(/C(O)=C3/C(=O)C(=O)N(Cc4cccs4)C3c3cccc(O)c3)ccc2O1. The van der Waals surface area contributed by atoms with E-state index in [4.69, 9.17) is 4.74 Å². The first kappa shape index (κ1) is 20.3. The Morgan fingerprint density at radius 3 is 2.75 bits per heavy atom. The summed E-state index contributed by atoms with van der Waals surface area (Å²) in [5, 5.41) is 23.2. The predicted octanol–water partition coefficient (Wildman–Crippen LogP) is 4.40. The van der Waals surface area contributed by atoms with Crippen LogP contribution in [0.15, 0.2) is 65.6 Å². The summed E-state index contributed by atoms with van der Waals surface area (Å²) in [7, 11) is 0. The molecule has 2 aromatic carbocycles. The van der Waals surface area contributed by atoms with Gasteiger partial charge in [0.05, 0.1) is 18.2 Å². The first-order valence-corrected chi connectivity index (χ1v) is 11.2. The van der Waals surface area contributed by atoms with Crippen molar-refractivity contribution in [2.75, 3.05) is 0 Å². The van der Waals surface area contributed by atoms with Crippen molar-refractivity contribution >= 4 is 28.8 Å². The van der Waals surface area contributed by atoms with Crippen molar-refractivity contribution in [1.82, 2.24) is 4.90 Å². The highest BCUT2D eigenvalue weighted by atomic mass is 32.1. The number of aliphatic hydroxyl groups excluding tert-OH is 1. The molecule has 162 valence electrons. The number of aliphatic hydroxyl groups is 1. The van der Waals surface area contributed by atoms with Crippen molar-refractivity contribution in [3.8, 4) is 11.5 Å². The second-order valence-electron chi connectivity index (χ2n) is 8.06. The maximum absolute atomic E-state index is 13.1. The Kier molecular flexibility index (Phi) is 4.98. The average molecular weight is 448 g/mol. The van der Waals surface area contributed by atoms with E-state index in [1.165, 1.54) is 28.4 Å². The van der Waals surface area contributed by atoms with Crippen LogP contribution in [-0.4, -0.2) is 32.9 Å². The molecule has 2 unspecified atom stereocenters. The van der Waals surface area contributed by atoms with Crippen LogP contribution in [0.4, 0.5) is 0 Å². The maximum Gasteiger partial charge on any atom is 0.295 e. The molecule has 2 aliphatic heterocycles. The number of aromatic hydroxyl groups is 1. The van der Waals surface area contributed by atoms with Crippen molar-refractivity contribution in [2.24, 2.45) is 0 Å². The summed E-state index contributed by atoms with van der Waals surface area (Å²) >= 11 is 1.49. The van der Waals surface area contributed by atoms with Crippen LogP contribution in [0.1, 0.15) is 34.5 Å². The molecule has 7 heteroatoms. The average Bonchev–Trinajstić information content (AvgIpc) is 3.47. The van der Waals surface area contributed by atoms with E-state index in [0.29, 0.717) is 17.5 Å². The van der Waals surface area contributed by atoms with Crippen LogP contribution in [0.25, 0.3) is 5.76 Å². The number of Topliss-reactive ketones (excluding diaryl/α,β-unsaturated/α-hetero) is 1. The topological polar surface area (TPSA) is 87.1 Å². The number of likely N-dealkylation sites (tertiary alicyclic amines) is 1. The van der Waals surface area contributed by atoms with E-state index in [0.717, 1.165) is 16.2 Å². The summed E-state index contributed by atoms with van der Waals surface area (Å²) in [6, 6.07) is 14.7. The van der Waals surface area contributed by atoms with Crippen LogP contribution in [0.2, 0.25) is 0 Å². The van der Waals surface area contributed by atoms with Gasteiger partial charge >= 0.3 is 0 Å². The number of rotatable bonds is 4. The minimum Gasteiger partial charge on any atom is -0.508 e. The highest BCUT2D eigenvalue weighted by Crippen LogP contribution is 2.42. The monoisotopic (exact) mass is 447 g/mol. The Morgan fingerprint density at radius 1 is 1.16 bits per heavy atom. The van der Waals surface area contributed by atoms with E-state index < -0.39 is 17.7 Å². The van der Waals surface area contributed by atoms with Crippen LogP contribution in [0, 0.1) is 0 Å². The van der Waals surface area contributed by atoms with Crippen LogP contribution >= 0.6 is 11.3 Å². The number of benzene rings is 2. The Bertz CT molecular complexity index is 1250. The molecule has 0 radical (unpaired) electrons. The second kappa shape index (κ2) is 7.84. The van der Waals surface area contributed by atoms with Gasteiger partial charge in [0.2, 0.25) is 0 Å². The summed E-state index contributed by atoms with van der Waals surface area (Å²) in [4.78, 5) is 28.5. The van der Waals surface area contributed by atoms with Gasteiger partial charge in [-0.05, 0) is 59.8 Å². The zero-order valence-corrected chi connectivity index (χ0v) is 18.1. The van der Waals surface area contributed by atoms with Gasteiger partial charge in [0.25, 0.3) is 11.7 Å². The number of hydrogen-bond donors (Lipinski definition) is 2. The Hall–Kier alpha value is -3.58. The van der Waals surface area contributed by atoms with Gasteiger partial charge in [0, 0.05) is 16.9 Å². The van der Waals surface area contributed by atoms with Crippen molar-refractivity contribution in [3.05, 3.63) is 87.1 Å². The van der Waals surface area contributed by atoms with E-state index >= 15 is 0 Å². The molecule has 2 N–H and O–H groups in total. The van der Waals surface area contributed by atoms with E-state index in [2.05, 4.69) is 0 Å². The zero-order valence-electron chi connectivity index (χ0n) is 17.3. The van der Waals surface area contributed by atoms with Gasteiger partial charge in [-0.2, -0.15) is 0 Å². The smallest absolute Gasteiger partial charge is 0.295 e. The normalized spacial score (nSPS) is 21.6. The minimum atomic E-state index is -0.812. The predicted molar refractivity (Wildman–Crippen MR) is 121 cm³/mol. The fourth-order valence-corrected chi connectivity index (χ4v) is 5.08. The number of carbonyl (C=O) groups is 2. The Labute approximate surface area is 189 Å². The molecule has 3 aromatic rings. The molecule has 0 spiro atoms. The van der Waals surface area contributed by atoms with Gasteiger partial charge in [0.15, 0.2) is 0 Å². The molecule has 2 aliphatic rings. The van der Waals surface area contributed by atoms with Crippen LogP contribution in [0.3, 0.4) is 0 Å². The number of phenols is 1. The van der Waals surface area contributed by atoms with Crippen molar-refractivity contribution in [2.45, 2.75) is 32.0 Å². The van der Waals surface area contributed by atoms with Crippen LogP contribution < -0.4 is 4.74 Å². The van der Waals surface area contributed by atoms with E-state index in [1.807, 2.05) is 24.4 Å². The van der Waals surface area contributed by atoms with E-state index in [-0.39, 0.29) is 29.7 Å². The number of fused-ring (bicyclic) bond motifs is 1. The van der Waals surface area contributed by atoms with Crippen molar-refractivity contribution < 1.29 is 24.5 Å². The molecule has 2 atom stereocenters. The van der Waals surface area contributed by atoms with Gasteiger partial charge in [-0.3, -0.25) is 9.59 Å². The van der Waals surface area contributed by atoms with Gasteiger partial charge < -0.3 is 19.8 Å². The minimum absolute atomic E-state index is 0.0177. The largest absolute Gasteiger partial charge is 0.508 e. The zero-order chi connectivity index (χ0) is 22.4. The lowest BCUT2D eigenvalue weighted by Crippen LogP contribution is -2.28. The first-order valence-electron chi connectivity index (χ1n) is 10.3. The van der Waals surface area contributed by atoms with Gasteiger partial charge in [-0.25, -0.2) is 0 Å². The molecule has 6 nitrogen and oxygen atoms in total. The number of ketones is 1. The molecular weight excluding hydrogens is 426 g/mol. The maximum atomic E-state index is 13.1. The Balaban J connectivity index is 1.64. The lowest BCUT2D eigenvalue weighted by atomic mass is 9.94. The molecule has 1 amide bonds. The lowest BCUT2D eigenvalue weighted by molar-refractivity contribution is -0.140. The summed E-state index contributed by atoms with van der Waals surface area (Å²) < 4.78 is 5.73. The van der Waals surface area contributed by atoms with E-state index in [9.17, 15) is 19.8 Å². The number of ether oxygens (including phenoxy) is 1. The third kappa shape index (κ3) is 3.44. The van der Waals surface area contributed by atoms with Gasteiger partial charge in [0.1, 0.15) is 23.4 Å². The molecule has 1 saturated heterocycles. The first-order chi connectivity index (χ1) is 15.4. The molecule has 3 heterocycles. The molecule has 0 bridgehead atoms. The lowest BCUT2D eigenvalue weighted by Gasteiger charge is -2.25. The third-order valence-corrected chi connectivity index (χ3v) is 6.66. The number of phenolic OH excluding ortho intramolecular Hbond substituents is 1. The van der Waals surface area contributed by atoms with Gasteiger partial charge in [-0.1, -0.05) is 18.2 Å². The summed E-state index contributed by atoms with van der Waals surface area (Å²) in [6.45, 7) is 2.20. The molecule has 1 fully saturated rings. The molecule has 0 saturated carbocycles. The quantitative estimate of drug-likeness (QED) is 0.352. The highest BCUT2D eigenvalue weighted by Gasteiger charge is 2.46. The van der Waals surface area contributed by atoms with Gasteiger partial charge in [-0.15, -0.1) is 11.3 Å². The molecule has 0 aliphatic carbocycles. The summed E-state index contributed by atoms with van der Waals surface area (Å²) in [5.74, 6) is -0.860. The molecule has 5 rings (SSSR count). The third-order valence-electron chi connectivity index (χ3n) is 5.80. The van der Waals surface area contributed by atoms with Crippen LogP contribution in [0.5, 0.6) is 11.5 Å². The van der Waals surface area contributed by atoms with Crippen molar-refractivity contribution in [3.63, 3.8) is 0 Å². The number of nitrogens with zero attached hydrogens (tertiary/aromatic N) is 1. The molecule has 32 heavy (non-hydrogen) atoms. The standard InChI is InChI=1S/C25H21NO5S/c1-14-10-17-11-16(7-8-20(17)31-14)23(28)21-22(15-4-2-5-18(27)12-15)26(25(30)24(21)29)13-19-6-3-9-32-19/h2-9,11-12,14,22,27-28H,10,13H2,1H3/b23-21-. The van der Waals surface area contributed by atoms with E-state index in [1.54, 1.807) is 30.3 Å². The van der Waals surface area contributed by atoms with Crippen LogP contribution in [-0.2, 0) is 22.6 Å². The number of amides is 1.